The zero-order valence-corrected chi connectivity index (χ0v) is 10.4. The van der Waals surface area contributed by atoms with Gasteiger partial charge in [0, 0.05) is 5.75 Å². The number of carboxylic acid groups (broad SMARTS) is 1. The third-order valence-corrected chi connectivity index (χ3v) is 2.77. The minimum atomic E-state index is -1.08. The summed E-state index contributed by atoms with van der Waals surface area (Å²) in [4.78, 5) is 10.0. The van der Waals surface area contributed by atoms with Crippen molar-refractivity contribution >= 4 is 29.1 Å². The van der Waals surface area contributed by atoms with E-state index in [0.29, 0.717) is 4.34 Å². The van der Waals surface area contributed by atoms with Crippen LogP contribution in [0.2, 0.25) is 0 Å². The van der Waals surface area contributed by atoms with Crippen molar-refractivity contribution in [1.29, 1.82) is 0 Å². The van der Waals surface area contributed by atoms with Gasteiger partial charge in [-0.25, -0.2) is 0 Å². The molecule has 12 heavy (non-hydrogen) atoms. The van der Waals surface area contributed by atoms with Gasteiger partial charge in [-0.05, 0) is 6.92 Å². The number of carboxylic acids is 1. The summed E-state index contributed by atoms with van der Waals surface area (Å²) in [5.74, 6) is -1.14. The van der Waals surface area contributed by atoms with E-state index in [4.69, 9.17) is 0 Å². The van der Waals surface area contributed by atoms with Crippen LogP contribution in [-0.4, -0.2) is 21.9 Å². The molecule has 4 nitrogen and oxygen atoms in total. The Morgan fingerprint density at radius 2 is 2.33 bits per heavy atom. The van der Waals surface area contributed by atoms with Gasteiger partial charge < -0.3 is 9.90 Å². The Bertz CT molecular complexity index is 266. The number of aromatic nitrogens is 2. The van der Waals surface area contributed by atoms with Crippen molar-refractivity contribution in [3.8, 4) is 0 Å². The molecule has 0 aromatic carbocycles. The molecular weight excluding hydrogens is 207 g/mol. The molecule has 0 aliphatic carbocycles. The first-order valence-corrected chi connectivity index (χ1v) is 4.61. The Hall–Kier alpha value is 0.380. The zero-order chi connectivity index (χ0) is 8.27. The SMILES string of the molecule is Cc1nnc(SCC(=O)[O-])s1.[Na+]. The van der Waals surface area contributed by atoms with Crippen molar-refractivity contribution in [3.63, 3.8) is 0 Å². The van der Waals surface area contributed by atoms with E-state index < -0.39 is 5.97 Å². The fourth-order valence-electron chi connectivity index (χ4n) is 0.457. The molecule has 1 aromatic rings. The van der Waals surface area contributed by atoms with Crippen LogP contribution in [0, 0.1) is 6.92 Å². The van der Waals surface area contributed by atoms with E-state index in [0.717, 1.165) is 16.8 Å². The minimum absolute atomic E-state index is 0. The molecule has 0 N–H and O–H groups in total. The van der Waals surface area contributed by atoms with E-state index >= 15 is 0 Å². The van der Waals surface area contributed by atoms with Gasteiger partial charge in [-0.2, -0.15) is 0 Å². The van der Waals surface area contributed by atoms with E-state index in [9.17, 15) is 9.90 Å². The van der Waals surface area contributed by atoms with Crippen molar-refractivity contribution in [2.24, 2.45) is 0 Å². The first-order valence-electron chi connectivity index (χ1n) is 2.81. The van der Waals surface area contributed by atoms with Crippen LogP contribution in [0.15, 0.2) is 4.34 Å². The summed E-state index contributed by atoms with van der Waals surface area (Å²) in [5, 5.41) is 18.3. The third-order valence-electron chi connectivity index (χ3n) is 0.821. The van der Waals surface area contributed by atoms with E-state index in [2.05, 4.69) is 10.2 Å². The number of carbonyl (C=O) groups is 1. The Morgan fingerprint density at radius 3 is 2.75 bits per heavy atom. The number of thioether (sulfide) groups is 1. The van der Waals surface area contributed by atoms with Crippen LogP contribution in [0.25, 0.3) is 0 Å². The van der Waals surface area contributed by atoms with Crippen LogP contribution in [0.3, 0.4) is 0 Å². The molecule has 1 rings (SSSR count). The van der Waals surface area contributed by atoms with Gasteiger partial charge in [0.25, 0.3) is 0 Å². The smallest absolute Gasteiger partial charge is 0.549 e. The largest absolute Gasteiger partial charge is 1.00 e. The number of carbonyl (C=O) groups excluding carboxylic acids is 1. The standard InChI is InChI=1S/C5H6N2O2S2.Na/c1-3-6-7-5(11-3)10-2-4(8)9;/h2H2,1H3,(H,8,9);/q;+1/p-1. The average Bonchev–Trinajstić information content (AvgIpc) is 2.31. The quantitative estimate of drug-likeness (QED) is 0.388. The summed E-state index contributed by atoms with van der Waals surface area (Å²) in [6, 6.07) is 0. The van der Waals surface area contributed by atoms with Crippen LogP contribution >= 0.6 is 23.1 Å². The summed E-state index contributed by atoms with van der Waals surface area (Å²) in [6.45, 7) is 1.82. The number of aliphatic carboxylic acids is 1. The predicted molar refractivity (Wildman–Crippen MR) is 40.4 cm³/mol. The number of hydrogen-bond donors (Lipinski definition) is 0. The Morgan fingerprint density at radius 1 is 1.67 bits per heavy atom. The summed E-state index contributed by atoms with van der Waals surface area (Å²) in [6.07, 6.45) is 0. The maximum Gasteiger partial charge on any atom is 1.00 e. The second kappa shape index (κ2) is 5.93. The number of nitrogens with zero attached hydrogens (tertiary/aromatic N) is 2. The van der Waals surface area contributed by atoms with Crippen LogP contribution in [0.1, 0.15) is 5.01 Å². The van der Waals surface area contributed by atoms with E-state index in [1.54, 1.807) is 0 Å². The van der Waals surface area contributed by atoms with Crippen LogP contribution in [0.4, 0.5) is 0 Å². The van der Waals surface area contributed by atoms with Gasteiger partial charge in [-0.1, -0.05) is 23.1 Å². The van der Waals surface area contributed by atoms with Gasteiger partial charge in [-0.3, -0.25) is 0 Å². The summed E-state index contributed by atoms with van der Waals surface area (Å²) in [7, 11) is 0. The molecule has 0 atom stereocenters. The molecule has 0 saturated carbocycles. The van der Waals surface area contributed by atoms with Gasteiger partial charge >= 0.3 is 29.6 Å². The molecule has 1 aromatic heterocycles. The van der Waals surface area contributed by atoms with Gasteiger partial charge in [0.15, 0.2) is 4.34 Å². The minimum Gasteiger partial charge on any atom is -0.549 e. The zero-order valence-electron chi connectivity index (χ0n) is 6.73. The Labute approximate surface area is 100 Å². The summed E-state index contributed by atoms with van der Waals surface area (Å²) in [5.41, 5.74) is 0. The molecule has 60 valence electrons. The van der Waals surface area contributed by atoms with E-state index in [1.807, 2.05) is 6.92 Å². The van der Waals surface area contributed by atoms with Gasteiger partial charge in [0.05, 0.1) is 5.97 Å². The molecule has 0 radical (unpaired) electrons. The van der Waals surface area contributed by atoms with Crippen molar-refractivity contribution in [2.75, 3.05) is 5.75 Å². The molecule has 0 fully saturated rings. The Kier molecular flexibility index (Phi) is 6.12. The van der Waals surface area contributed by atoms with Crippen molar-refractivity contribution in [3.05, 3.63) is 5.01 Å². The van der Waals surface area contributed by atoms with Crippen LogP contribution < -0.4 is 34.7 Å². The van der Waals surface area contributed by atoms with E-state index in [1.165, 1.54) is 11.3 Å². The molecule has 0 unspecified atom stereocenters. The molecule has 0 spiro atoms. The van der Waals surface area contributed by atoms with Gasteiger partial charge in [0.2, 0.25) is 0 Å². The molecule has 0 saturated heterocycles. The van der Waals surface area contributed by atoms with Gasteiger partial charge in [-0.15, -0.1) is 10.2 Å². The normalized spacial score (nSPS) is 9.08. The van der Waals surface area contributed by atoms with Crippen LogP contribution in [-0.2, 0) is 4.79 Å². The fourth-order valence-corrected chi connectivity index (χ4v) is 1.99. The van der Waals surface area contributed by atoms with Crippen molar-refractivity contribution < 1.29 is 39.5 Å². The average molecular weight is 212 g/mol. The Balaban J connectivity index is 0.00000121. The summed E-state index contributed by atoms with van der Waals surface area (Å²) < 4.78 is 0.673. The first-order chi connectivity index (χ1) is 5.18. The predicted octanol–water partition coefficient (Wildman–Crippen LogP) is -3.31. The fraction of sp³-hybridized carbons (Fsp3) is 0.400. The molecule has 1 heterocycles. The number of rotatable bonds is 3. The molecule has 0 amide bonds. The molecule has 0 bridgehead atoms. The first kappa shape index (κ1) is 12.4. The second-order valence-corrected chi connectivity index (χ2v) is 4.15. The maximum absolute atomic E-state index is 10.0. The van der Waals surface area contributed by atoms with E-state index in [-0.39, 0.29) is 35.3 Å². The number of aryl methyl sites for hydroxylation is 1. The molecule has 7 heteroatoms. The van der Waals surface area contributed by atoms with Crippen LogP contribution in [0.5, 0.6) is 0 Å². The van der Waals surface area contributed by atoms with Gasteiger partial charge in [0.1, 0.15) is 5.01 Å². The third kappa shape index (κ3) is 4.42. The number of hydrogen-bond acceptors (Lipinski definition) is 6. The second-order valence-electron chi connectivity index (χ2n) is 1.75. The maximum atomic E-state index is 10.0. The van der Waals surface area contributed by atoms with Crippen molar-refractivity contribution in [2.45, 2.75) is 11.3 Å². The van der Waals surface area contributed by atoms with Crippen molar-refractivity contribution in [1.82, 2.24) is 10.2 Å². The molecular formula is C5H5N2NaO2S2. The molecule has 0 aliphatic rings. The monoisotopic (exact) mass is 212 g/mol. The topological polar surface area (TPSA) is 65.9 Å². The molecule has 0 aliphatic heterocycles. The summed E-state index contributed by atoms with van der Waals surface area (Å²) >= 11 is 2.51.